The number of hydrogen-bond acceptors (Lipinski definition) is 2. The van der Waals surface area contributed by atoms with Crippen LogP contribution >= 0.6 is 0 Å². The Hall–Kier alpha value is -2.64. The first kappa shape index (κ1) is 12.4. The standard InChI is InChI=1S/C9H10FN5O2/c10-4-1-2-6(5(3-4)7(16)17)14-9(13)15-8(11)12/h1-3H,(H,16,17)(H6,11,12,13,14,15). The average molecular weight is 239 g/mol. The molecule has 7 N–H and O–H groups in total. The highest BCUT2D eigenvalue weighted by atomic mass is 19.1. The molecule has 1 aromatic rings. The highest BCUT2D eigenvalue weighted by Crippen LogP contribution is 2.20. The van der Waals surface area contributed by atoms with E-state index in [1.807, 2.05) is 0 Å². The summed E-state index contributed by atoms with van der Waals surface area (Å²) < 4.78 is 12.8. The lowest BCUT2D eigenvalue weighted by molar-refractivity contribution is 0.0697. The van der Waals surface area contributed by atoms with Crippen LogP contribution in [-0.4, -0.2) is 23.0 Å². The SMILES string of the molecule is NC(N)=NC(N)=Nc1ccc(F)cc1C(=O)O. The van der Waals surface area contributed by atoms with E-state index in [9.17, 15) is 9.18 Å². The van der Waals surface area contributed by atoms with Crippen LogP contribution in [0, 0.1) is 5.82 Å². The molecular formula is C9H10FN5O2. The van der Waals surface area contributed by atoms with Gasteiger partial charge in [-0.3, -0.25) is 0 Å². The summed E-state index contributed by atoms with van der Waals surface area (Å²) in [5.74, 6) is -2.66. The molecule has 90 valence electrons. The average Bonchev–Trinajstić information content (AvgIpc) is 2.19. The van der Waals surface area contributed by atoms with Gasteiger partial charge in [0.05, 0.1) is 11.3 Å². The van der Waals surface area contributed by atoms with Crippen molar-refractivity contribution < 1.29 is 14.3 Å². The normalized spacial score (nSPS) is 11.0. The van der Waals surface area contributed by atoms with Crippen LogP contribution in [-0.2, 0) is 0 Å². The molecule has 0 aliphatic heterocycles. The summed E-state index contributed by atoms with van der Waals surface area (Å²) in [7, 11) is 0. The van der Waals surface area contributed by atoms with E-state index in [0.29, 0.717) is 0 Å². The van der Waals surface area contributed by atoms with Gasteiger partial charge in [0.25, 0.3) is 0 Å². The third-order valence-corrected chi connectivity index (χ3v) is 1.67. The Balaban J connectivity index is 3.23. The number of hydrogen-bond donors (Lipinski definition) is 4. The second kappa shape index (κ2) is 4.92. The van der Waals surface area contributed by atoms with E-state index in [1.165, 1.54) is 0 Å². The Labute approximate surface area is 95.5 Å². The molecule has 0 heterocycles. The number of carbonyl (C=O) groups is 1. The minimum atomic E-state index is -1.33. The molecule has 0 saturated carbocycles. The molecule has 0 spiro atoms. The number of benzene rings is 1. The largest absolute Gasteiger partial charge is 0.478 e. The summed E-state index contributed by atoms with van der Waals surface area (Å²) >= 11 is 0. The smallest absolute Gasteiger partial charge is 0.338 e. The third-order valence-electron chi connectivity index (χ3n) is 1.67. The molecule has 8 heteroatoms. The maximum atomic E-state index is 12.8. The van der Waals surface area contributed by atoms with Gasteiger partial charge >= 0.3 is 5.97 Å². The lowest BCUT2D eigenvalue weighted by Crippen LogP contribution is -2.26. The van der Waals surface area contributed by atoms with E-state index >= 15 is 0 Å². The number of carboxylic acids is 1. The van der Waals surface area contributed by atoms with Gasteiger partial charge in [-0.05, 0) is 18.2 Å². The van der Waals surface area contributed by atoms with Crippen molar-refractivity contribution in [3.8, 4) is 0 Å². The zero-order valence-electron chi connectivity index (χ0n) is 8.59. The molecule has 0 fully saturated rings. The summed E-state index contributed by atoms with van der Waals surface area (Å²) in [6.45, 7) is 0. The molecule has 1 aromatic carbocycles. The van der Waals surface area contributed by atoms with Gasteiger partial charge < -0.3 is 22.3 Å². The highest BCUT2D eigenvalue weighted by Gasteiger charge is 2.11. The monoisotopic (exact) mass is 239 g/mol. The molecule has 0 aliphatic carbocycles. The summed E-state index contributed by atoms with van der Waals surface area (Å²) in [5, 5.41) is 8.82. The van der Waals surface area contributed by atoms with Crippen molar-refractivity contribution in [3.05, 3.63) is 29.6 Å². The lowest BCUT2D eigenvalue weighted by atomic mass is 10.2. The Kier molecular flexibility index (Phi) is 3.60. The van der Waals surface area contributed by atoms with Crippen LogP contribution < -0.4 is 17.2 Å². The van der Waals surface area contributed by atoms with E-state index < -0.39 is 11.8 Å². The van der Waals surface area contributed by atoms with Crippen LogP contribution in [0.15, 0.2) is 28.2 Å². The number of nitrogens with zero attached hydrogens (tertiary/aromatic N) is 2. The number of halogens is 1. The minimum absolute atomic E-state index is 0.0404. The van der Waals surface area contributed by atoms with Gasteiger partial charge in [-0.2, -0.15) is 4.99 Å². The Morgan fingerprint density at radius 1 is 1.29 bits per heavy atom. The van der Waals surface area contributed by atoms with Gasteiger partial charge in [0, 0.05) is 0 Å². The molecule has 0 bridgehead atoms. The summed E-state index contributed by atoms with van der Waals surface area (Å²) in [4.78, 5) is 17.9. The summed E-state index contributed by atoms with van der Waals surface area (Å²) in [5.41, 5.74) is 15.1. The molecule has 17 heavy (non-hydrogen) atoms. The van der Waals surface area contributed by atoms with Gasteiger partial charge in [-0.1, -0.05) is 0 Å². The number of nitrogens with two attached hydrogens (primary N) is 3. The van der Waals surface area contributed by atoms with Crippen molar-refractivity contribution in [2.75, 3.05) is 0 Å². The van der Waals surface area contributed by atoms with Crippen molar-refractivity contribution in [1.82, 2.24) is 0 Å². The molecular weight excluding hydrogens is 229 g/mol. The number of rotatable bonds is 2. The van der Waals surface area contributed by atoms with Crippen molar-refractivity contribution >= 4 is 23.6 Å². The van der Waals surface area contributed by atoms with Crippen LogP contribution in [0.4, 0.5) is 10.1 Å². The topological polar surface area (TPSA) is 140 Å². The zero-order valence-corrected chi connectivity index (χ0v) is 8.59. The molecule has 0 saturated heterocycles. The molecule has 0 radical (unpaired) electrons. The van der Waals surface area contributed by atoms with Crippen molar-refractivity contribution in [3.63, 3.8) is 0 Å². The quantitative estimate of drug-likeness (QED) is 0.416. The number of aromatic carboxylic acids is 1. The molecule has 0 unspecified atom stereocenters. The van der Waals surface area contributed by atoms with Crippen LogP contribution in [0.5, 0.6) is 0 Å². The van der Waals surface area contributed by atoms with E-state index in [-0.39, 0.29) is 23.2 Å². The first-order valence-electron chi connectivity index (χ1n) is 4.37. The fourth-order valence-corrected chi connectivity index (χ4v) is 1.06. The predicted molar refractivity (Wildman–Crippen MR) is 60.5 cm³/mol. The maximum Gasteiger partial charge on any atom is 0.338 e. The van der Waals surface area contributed by atoms with Crippen LogP contribution in [0.25, 0.3) is 0 Å². The Bertz CT molecular complexity index is 508. The molecule has 0 aromatic heterocycles. The van der Waals surface area contributed by atoms with E-state index in [1.54, 1.807) is 0 Å². The van der Waals surface area contributed by atoms with Gasteiger partial charge in [0.1, 0.15) is 5.82 Å². The van der Waals surface area contributed by atoms with Crippen molar-refractivity contribution in [1.29, 1.82) is 0 Å². The molecule has 0 aliphatic rings. The predicted octanol–water partition coefficient (Wildman–Crippen LogP) is -0.256. The Morgan fingerprint density at radius 2 is 1.94 bits per heavy atom. The maximum absolute atomic E-state index is 12.8. The van der Waals surface area contributed by atoms with Crippen LogP contribution in [0.3, 0.4) is 0 Å². The second-order valence-corrected chi connectivity index (χ2v) is 2.97. The summed E-state index contributed by atoms with van der Waals surface area (Å²) in [6, 6.07) is 3.03. The minimum Gasteiger partial charge on any atom is -0.478 e. The van der Waals surface area contributed by atoms with E-state index in [4.69, 9.17) is 22.3 Å². The van der Waals surface area contributed by atoms with E-state index in [0.717, 1.165) is 18.2 Å². The number of aliphatic imine (C=N–C) groups is 2. The van der Waals surface area contributed by atoms with Crippen LogP contribution in [0.1, 0.15) is 10.4 Å². The summed E-state index contributed by atoms with van der Waals surface area (Å²) in [6.07, 6.45) is 0. The first-order chi connectivity index (χ1) is 7.90. The van der Waals surface area contributed by atoms with Crippen molar-refractivity contribution in [2.45, 2.75) is 0 Å². The van der Waals surface area contributed by atoms with Gasteiger partial charge in [-0.15, -0.1) is 0 Å². The van der Waals surface area contributed by atoms with Crippen LogP contribution in [0.2, 0.25) is 0 Å². The fourth-order valence-electron chi connectivity index (χ4n) is 1.06. The Morgan fingerprint density at radius 3 is 2.47 bits per heavy atom. The third kappa shape index (κ3) is 3.45. The fraction of sp³-hybridized carbons (Fsp3) is 0. The first-order valence-corrected chi connectivity index (χ1v) is 4.37. The van der Waals surface area contributed by atoms with E-state index in [2.05, 4.69) is 9.98 Å². The lowest BCUT2D eigenvalue weighted by Gasteiger charge is -2.01. The van der Waals surface area contributed by atoms with Gasteiger partial charge in [0.15, 0.2) is 5.96 Å². The molecule has 0 amide bonds. The second-order valence-electron chi connectivity index (χ2n) is 2.97. The molecule has 1 rings (SSSR count). The molecule has 0 atom stereocenters. The van der Waals surface area contributed by atoms with Gasteiger partial charge in [0.2, 0.25) is 5.96 Å². The highest BCUT2D eigenvalue weighted by molar-refractivity contribution is 5.97. The molecule has 7 nitrogen and oxygen atoms in total. The zero-order chi connectivity index (χ0) is 13.0. The number of guanidine groups is 2. The van der Waals surface area contributed by atoms with Gasteiger partial charge in [-0.25, -0.2) is 14.2 Å². The van der Waals surface area contributed by atoms with Crippen molar-refractivity contribution in [2.24, 2.45) is 27.2 Å². The number of carboxylic acid groups (broad SMARTS) is 1.